The molecule has 3 heteroatoms. The number of benzene rings is 2. The van der Waals surface area contributed by atoms with Gasteiger partial charge in [0.1, 0.15) is 5.75 Å². The summed E-state index contributed by atoms with van der Waals surface area (Å²) in [6.07, 6.45) is 17.1. The molecule has 0 aliphatic carbocycles. The quantitative estimate of drug-likeness (QED) is 0.162. The van der Waals surface area contributed by atoms with Crippen molar-refractivity contribution in [3.63, 3.8) is 0 Å². The summed E-state index contributed by atoms with van der Waals surface area (Å²) in [7, 11) is 0. The molecule has 1 heterocycles. The summed E-state index contributed by atoms with van der Waals surface area (Å²) in [5.74, 6) is 1.47. The Bertz CT molecular complexity index is 834. The maximum absolute atomic E-state index is 6.11. The lowest BCUT2D eigenvalue weighted by Gasteiger charge is -2.29. The standard InChI is InChI=1S/C33H48O3/c1-4-6-8-10-11-12-14-16-28-25-34-33(35-26-28)31-19-17-29(18-20-31)30-21-23-32(24-22-30)36-27(3)15-13-9-7-5-2/h4,17-24,27-28,33H,1,5-16,25-26H2,2-3H3/t27-,28-,33-/m0/s1. The van der Waals surface area contributed by atoms with Crippen LogP contribution in [-0.2, 0) is 9.47 Å². The highest BCUT2D eigenvalue weighted by molar-refractivity contribution is 5.64. The minimum Gasteiger partial charge on any atom is -0.491 e. The fourth-order valence-electron chi connectivity index (χ4n) is 4.86. The number of rotatable bonds is 17. The van der Waals surface area contributed by atoms with E-state index in [2.05, 4.69) is 69.0 Å². The monoisotopic (exact) mass is 492 g/mol. The first-order valence-corrected chi connectivity index (χ1v) is 14.4. The fraction of sp³-hybridized carbons (Fsp3) is 0.576. The molecular formula is C33H48O3. The van der Waals surface area contributed by atoms with Crippen molar-refractivity contribution >= 4 is 0 Å². The molecule has 0 N–H and O–H groups in total. The Kier molecular flexibility index (Phi) is 13.1. The Hall–Kier alpha value is -2.10. The summed E-state index contributed by atoms with van der Waals surface area (Å²) in [5.41, 5.74) is 3.48. The topological polar surface area (TPSA) is 27.7 Å². The summed E-state index contributed by atoms with van der Waals surface area (Å²) in [6.45, 7) is 9.79. The Balaban J connectivity index is 1.38. The number of hydrogen-bond donors (Lipinski definition) is 0. The van der Waals surface area contributed by atoms with Crippen LogP contribution >= 0.6 is 0 Å². The first kappa shape index (κ1) is 28.5. The predicted octanol–water partition coefficient (Wildman–Crippen LogP) is 9.67. The Morgan fingerprint density at radius 2 is 1.44 bits per heavy atom. The molecule has 198 valence electrons. The van der Waals surface area contributed by atoms with Crippen LogP contribution < -0.4 is 4.74 Å². The van der Waals surface area contributed by atoms with Crippen molar-refractivity contribution in [2.75, 3.05) is 13.2 Å². The Morgan fingerprint density at radius 3 is 2.11 bits per heavy atom. The van der Waals surface area contributed by atoms with Crippen molar-refractivity contribution < 1.29 is 14.2 Å². The van der Waals surface area contributed by atoms with Crippen molar-refractivity contribution in [2.45, 2.75) is 103 Å². The van der Waals surface area contributed by atoms with Gasteiger partial charge in [0.2, 0.25) is 0 Å². The van der Waals surface area contributed by atoms with Crippen molar-refractivity contribution in [1.82, 2.24) is 0 Å². The molecule has 1 fully saturated rings. The van der Waals surface area contributed by atoms with E-state index in [-0.39, 0.29) is 12.4 Å². The summed E-state index contributed by atoms with van der Waals surface area (Å²) < 4.78 is 18.3. The molecule has 0 bridgehead atoms. The molecule has 2 aromatic carbocycles. The van der Waals surface area contributed by atoms with Gasteiger partial charge in [-0.2, -0.15) is 0 Å². The second-order valence-electron chi connectivity index (χ2n) is 10.4. The molecular weight excluding hydrogens is 444 g/mol. The van der Waals surface area contributed by atoms with Gasteiger partial charge in [-0.3, -0.25) is 0 Å². The van der Waals surface area contributed by atoms with Crippen LogP contribution in [0.2, 0.25) is 0 Å². The second-order valence-corrected chi connectivity index (χ2v) is 10.4. The van der Waals surface area contributed by atoms with Crippen LogP contribution in [0.4, 0.5) is 0 Å². The van der Waals surface area contributed by atoms with Gasteiger partial charge in [0, 0.05) is 11.5 Å². The van der Waals surface area contributed by atoms with E-state index >= 15 is 0 Å². The zero-order valence-corrected chi connectivity index (χ0v) is 22.8. The summed E-state index contributed by atoms with van der Waals surface area (Å²) >= 11 is 0. The summed E-state index contributed by atoms with van der Waals surface area (Å²) in [4.78, 5) is 0. The van der Waals surface area contributed by atoms with E-state index in [0.717, 1.165) is 37.4 Å². The number of allylic oxidation sites excluding steroid dienone is 1. The van der Waals surface area contributed by atoms with Gasteiger partial charge in [0.05, 0.1) is 19.3 Å². The molecule has 0 amide bonds. The Morgan fingerprint density at radius 1 is 0.833 bits per heavy atom. The third-order valence-electron chi connectivity index (χ3n) is 7.16. The van der Waals surface area contributed by atoms with Crippen molar-refractivity contribution in [3.05, 3.63) is 66.7 Å². The first-order chi connectivity index (χ1) is 17.7. The van der Waals surface area contributed by atoms with Crippen LogP contribution in [-0.4, -0.2) is 19.3 Å². The lowest BCUT2D eigenvalue weighted by atomic mass is 10.0. The van der Waals surface area contributed by atoms with Gasteiger partial charge in [-0.05, 0) is 62.3 Å². The van der Waals surface area contributed by atoms with E-state index in [4.69, 9.17) is 14.2 Å². The number of unbranched alkanes of at least 4 members (excludes halogenated alkanes) is 8. The molecule has 0 aromatic heterocycles. The highest BCUT2D eigenvalue weighted by Gasteiger charge is 2.23. The maximum atomic E-state index is 6.11. The molecule has 1 aliphatic heterocycles. The SMILES string of the molecule is C=CCCCCCCC[C@H]1CO[C@H](c2ccc(-c3ccc(O[C@@H](C)CCCCCC)cc3)cc2)OC1. The lowest BCUT2D eigenvalue weighted by molar-refractivity contribution is -0.206. The third-order valence-corrected chi connectivity index (χ3v) is 7.16. The molecule has 36 heavy (non-hydrogen) atoms. The number of hydrogen-bond acceptors (Lipinski definition) is 3. The molecule has 3 rings (SSSR count). The molecule has 1 atom stereocenters. The van der Waals surface area contributed by atoms with Crippen molar-refractivity contribution in [3.8, 4) is 16.9 Å². The van der Waals surface area contributed by atoms with E-state index in [1.807, 2.05) is 6.08 Å². The van der Waals surface area contributed by atoms with E-state index in [1.165, 1.54) is 75.3 Å². The molecule has 1 aliphatic rings. The number of ether oxygens (including phenoxy) is 3. The second kappa shape index (κ2) is 16.6. The van der Waals surface area contributed by atoms with E-state index in [0.29, 0.717) is 5.92 Å². The minimum absolute atomic E-state index is 0.246. The third kappa shape index (κ3) is 10.1. The van der Waals surface area contributed by atoms with E-state index in [1.54, 1.807) is 0 Å². The van der Waals surface area contributed by atoms with Gasteiger partial charge >= 0.3 is 0 Å². The average molecular weight is 493 g/mol. The molecule has 0 saturated carbocycles. The minimum atomic E-state index is -0.246. The lowest BCUT2D eigenvalue weighted by Crippen LogP contribution is -2.27. The fourth-order valence-corrected chi connectivity index (χ4v) is 4.86. The van der Waals surface area contributed by atoms with Gasteiger partial charge in [-0.25, -0.2) is 0 Å². The van der Waals surface area contributed by atoms with Crippen LogP contribution in [0.3, 0.4) is 0 Å². The summed E-state index contributed by atoms with van der Waals surface area (Å²) in [5, 5.41) is 0. The smallest absolute Gasteiger partial charge is 0.183 e. The van der Waals surface area contributed by atoms with Gasteiger partial charge in [-0.15, -0.1) is 6.58 Å². The highest BCUT2D eigenvalue weighted by atomic mass is 16.7. The molecule has 1 saturated heterocycles. The van der Waals surface area contributed by atoms with Crippen molar-refractivity contribution in [2.24, 2.45) is 5.92 Å². The van der Waals surface area contributed by atoms with Gasteiger partial charge < -0.3 is 14.2 Å². The van der Waals surface area contributed by atoms with Crippen LogP contribution in [0.25, 0.3) is 11.1 Å². The largest absolute Gasteiger partial charge is 0.491 e. The normalized spacial score (nSPS) is 18.6. The molecule has 2 aromatic rings. The van der Waals surface area contributed by atoms with Gasteiger partial charge in [-0.1, -0.05) is 94.3 Å². The van der Waals surface area contributed by atoms with Crippen LogP contribution in [0.15, 0.2) is 61.2 Å². The van der Waals surface area contributed by atoms with Crippen LogP contribution in [0.5, 0.6) is 5.75 Å². The molecule has 0 spiro atoms. The molecule has 0 radical (unpaired) electrons. The van der Waals surface area contributed by atoms with E-state index in [9.17, 15) is 0 Å². The van der Waals surface area contributed by atoms with Gasteiger partial charge in [0.15, 0.2) is 6.29 Å². The molecule has 3 nitrogen and oxygen atoms in total. The Labute approximate surface area is 220 Å². The van der Waals surface area contributed by atoms with E-state index < -0.39 is 0 Å². The molecule has 0 unspecified atom stereocenters. The maximum Gasteiger partial charge on any atom is 0.183 e. The highest BCUT2D eigenvalue weighted by Crippen LogP contribution is 2.30. The zero-order valence-electron chi connectivity index (χ0n) is 22.8. The van der Waals surface area contributed by atoms with Crippen LogP contribution in [0.1, 0.15) is 103 Å². The zero-order chi connectivity index (χ0) is 25.4. The van der Waals surface area contributed by atoms with Gasteiger partial charge in [0.25, 0.3) is 0 Å². The first-order valence-electron chi connectivity index (χ1n) is 14.4. The van der Waals surface area contributed by atoms with Crippen molar-refractivity contribution in [1.29, 1.82) is 0 Å². The average Bonchev–Trinajstić information content (AvgIpc) is 2.91. The predicted molar refractivity (Wildman–Crippen MR) is 151 cm³/mol. The summed E-state index contributed by atoms with van der Waals surface area (Å²) in [6, 6.07) is 17.0. The van der Waals surface area contributed by atoms with Crippen LogP contribution in [0, 0.1) is 5.92 Å².